The largest absolute Gasteiger partial charge is 0.383 e. The first-order chi connectivity index (χ1) is 5.02. The lowest BCUT2D eigenvalue weighted by molar-refractivity contribution is 1.28. The third-order valence-electron chi connectivity index (χ3n) is 0.839. The van der Waals surface area contributed by atoms with Crippen LogP contribution < -0.4 is 5.73 Å². The van der Waals surface area contributed by atoms with Gasteiger partial charge in [0.05, 0.1) is 0 Å². The van der Waals surface area contributed by atoms with Crippen LogP contribution in [0.5, 0.6) is 0 Å². The SMILES string of the molecule is [2H]C([2H])([2H])c1cccnc1N. The monoisotopic (exact) mass is 111 g/mol. The Bertz CT molecular complexity index is 256. The fourth-order valence-corrected chi connectivity index (χ4v) is 0.418. The summed E-state index contributed by atoms with van der Waals surface area (Å²) in [5.41, 5.74) is 5.45. The lowest BCUT2D eigenvalue weighted by Gasteiger charge is -1.92. The van der Waals surface area contributed by atoms with Gasteiger partial charge in [0.1, 0.15) is 5.82 Å². The first-order valence-corrected chi connectivity index (χ1v) is 2.23. The number of anilines is 1. The van der Waals surface area contributed by atoms with E-state index in [-0.39, 0.29) is 11.4 Å². The van der Waals surface area contributed by atoms with E-state index in [1.807, 2.05) is 0 Å². The van der Waals surface area contributed by atoms with Crippen LogP contribution in [0.25, 0.3) is 0 Å². The third-order valence-corrected chi connectivity index (χ3v) is 0.839. The average Bonchev–Trinajstić information content (AvgIpc) is 1.86. The lowest BCUT2D eigenvalue weighted by atomic mass is 10.3. The average molecular weight is 111 g/mol. The zero-order chi connectivity index (χ0) is 8.48. The van der Waals surface area contributed by atoms with Crippen molar-refractivity contribution in [3.63, 3.8) is 0 Å². The molecule has 2 N–H and O–H groups in total. The molecule has 0 atom stereocenters. The second-order valence-corrected chi connectivity index (χ2v) is 1.44. The first kappa shape index (κ1) is 2.49. The lowest BCUT2D eigenvalue weighted by Crippen LogP contribution is -1.90. The summed E-state index contributed by atoms with van der Waals surface area (Å²) in [6, 6.07) is 3.01. The van der Waals surface area contributed by atoms with E-state index in [0.717, 1.165) is 0 Å². The molecule has 1 aromatic rings. The summed E-state index contributed by atoms with van der Waals surface area (Å²) >= 11 is 0. The minimum Gasteiger partial charge on any atom is -0.383 e. The molecule has 2 heteroatoms. The van der Waals surface area contributed by atoms with Gasteiger partial charge in [-0.05, 0) is 18.5 Å². The van der Waals surface area contributed by atoms with Gasteiger partial charge in [-0.2, -0.15) is 0 Å². The molecule has 0 bridgehead atoms. The highest BCUT2D eigenvalue weighted by molar-refractivity contribution is 5.36. The quantitative estimate of drug-likeness (QED) is 0.541. The zero-order valence-electron chi connectivity index (χ0n) is 7.26. The number of aromatic nitrogens is 1. The van der Waals surface area contributed by atoms with Gasteiger partial charge in [-0.25, -0.2) is 4.98 Å². The zero-order valence-corrected chi connectivity index (χ0v) is 4.26. The van der Waals surface area contributed by atoms with E-state index in [1.54, 1.807) is 6.07 Å². The third kappa shape index (κ3) is 0.780. The van der Waals surface area contributed by atoms with E-state index in [0.29, 0.717) is 0 Å². The van der Waals surface area contributed by atoms with Crippen LogP contribution in [0, 0.1) is 6.85 Å². The molecule has 1 rings (SSSR count). The van der Waals surface area contributed by atoms with Crippen LogP contribution >= 0.6 is 0 Å². The minimum absolute atomic E-state index is 0.0764. The normalized spacial score (nSPS) is 16.2. The van der Waals surface area contributed by atoms with Gasteiger partial charge < -0.3 is 5.73 Å². The van der Waals surface area contributed by atoms with Crippen LogP contribution in [0.4, 0.5) is 5.82 Å². The molecule has 2 nitrogen and oxygen atoms in total. The molecule has 42 valence electrons. The number of aryl methyl sites for hydroxylation is 1. The maximum atomic E-state index is 7.03. The Morgan fingerprint density at radius 1 is 1.88 bits per heavy atom. The predicted molar refractivity (Wildman–Crippen MR) is 33.4 cm³/mol. The van der Waals surface area contributed by atoms with Gasteiger partial charge in [-0.15, -0.1) is 0 Å². The summed E-state index contributed by atoms with van der Waals surface area (Å²) < 4.78 is 21.1. The van der Waals surface area contributed by atoms with Crippen LogP contribution in [0.2, 0.25) is 0 Å². The summed E-state index contributed by atoms with van der Waals surface area (Å²) in [5, 5.41) is 0. The van der Waals surface area contributed by atoms with E-state index in [9.17, 15) is 0 Å². The van der Waals surface area contributed by atoms with Gasteiger partial charge in [-0.3, -0.25) is 0 Å². The fraction of sp³-hybridized carbons (Fsp3) is 0.167. The molecular formula is C6H8N2. The Labute approximate surface area is 52.6 Å². The number of nitrogens with two attached hydrogens (primary N) is 1. The highest BCUT2D eigenvalue weighted by Crippen LogP contribution is 2.01. The summed E-state index contributed by atoms with van der Waals surface area (Å²) in [6.07, 6.45) is 1.46. The van der Waals surface area contributed by atoms with Gasteiger partial charge in [0, 0.05) is 10.3 Å². The van der Waals surface area contributed by atoms with E-state index in [2.05, 4.69) is 4.98 Å². The molecule has 0 aliphatic carbocycles. The molecule has 0 aliphatic heterocycles. The summed E-state index contributed by atoms with van der Waals surface area (Å²) in [5.74, 6) is 0.0764. The van der Waals surface area contributed by atoms with Crippen molar-refractivity contribution in [1.29, 1.82) is 0 Å². The molecule has 0 saturated carbocycles. The van der Waals surface area contributed by atoms with Crippen molar-refractivity contribution < 1.29 is 4.11 Å². The maximum absolute atomic E-state index is 7.03. The van der Waals surface area contributed by atoms with Crippen LogP contribution in [0.15, 0.2) is 18.3 Å². The topological polar surface area (TPSA) is 38.9 Å². The minimum atomic E-state index is -2.15. The van der Waals surface area contributed by atoms with Crippen LogP contribution in [0.3, 0.4) is 0 Å². The second-order valence-electron chi connectivity index (χ2n) is 1.44. The Balaban J connectivity index is 3.14. The smallest absolute Gasteiger partial charge is 0.126 e. The van der Waals surface area contributed by atoms with Crippen molar-refractivity contribution in [2.75, 3.05) is 5.73 Å². The first-order valence-electron chi connectivity index (χ1n) is 3.73. The van der Waals surface area contributed by atoms with Gasteiger partial charge in [0.25, 0.3) is 0 Å². The molecular weight excluding hydrogens is 100 g/mol. The van der Waals surface area contributed by atoms with Gasteiger partial charge in [-0.1, -0.05) is 6.07 Å². The standard InChI is InChI=1S/C6H8N2/c1-5-3-2-4-8-6(5)7/h2-4H,1H3,(H2,7,8)/i1D3. The molecule has 0 spiro atoms. The fourth-order valence-electron chi connectivity index (χ4n) is 0.418. The number of hydrogen-bond donors (Lipinski definition) is 1. The van der Waals surface area contributed by atoms with Crippen molar-refractivity contribution in [1.82, 2.24) is 4.98 Å². The second kappa shape index (κ2) is 1.82. The molecule has 8 heavy (non-hydrogen) atoms. The van der Waals surface area contributed by atoms with Crippen molar-refractivity contribution in [2.45, 2.75) is 6.85 Å². The van der Waals surface area contributed by atoms with Crippen molar-refractivity contribution >= 4 is 5.82 Å². The number of hydrogen-bond acceptors (Lipinski definition) is 2. The van der Waals surface area contributed by atoms with E-state index in [4.69, 9.17) is 9.85 Å². The van der Waals surface area contributed by atoms with Gasteiger partial charge in [0.15, 0.2) is 0 Å². The van der Waals surface area contributed by atoms with Crippen LogP contribution in [-0.2, 0) is 0 Å². The maximum Gasteiger partial charge on any atom is 0.126 e. The molecule has 1 aromatic heterocycles. The Morgan fingerprint density at radius 2 is 2.75 bits per heavy atom. The van der Waals surface area contributed by atoms with Gasteiger partial charge >= 0.3 is 0 Å². The highest BCUT2D eigenvalue weighted by Gasteiger charge is 1.86. The summed E-state index contributed by atoms with van der Waals surface area (Å²) in [4.78, 5) is 3.66. The molecule has 0 saturated heterocycles. The Kier molecular flexibility index (Phi) is 0.565. The molecule has 0 amide bonds. The van der Waals surface area contributed by atoms with Crippen molar-refractivity contribution in [3.05, 3.63) is 23.9 Å². The Hall–Kier alpha value is -1.05. The number of rotatable bonds is 0. The van der Waals surface area contributed by atoms with Crippen LogP contribution in [0.1, 0.15) is 9.68 Å². The number of nitrogens with zero attached hydrogens (tertiary/aromatic N) is 1. The number of nitrogen functional groups attached to an aromatic ring is 1. The molecule has 0 fully saturated rings. The number of pyridine rings is 1. The van der Waals surface area contributed by atoms with Gasteiger partial charge in [0.2, 0.25) is 0 Å². The molecule has 1 heterocycles. The van der Waals surface area contributed by atoms with E-state index in [1.165, 1.54) is 12.3 Å². The molecule has 0 aliphatic rings. The van der Waals surface area contributed by atoms with E-state index >= 15 is 0 Å². The molecule has 0 aromatic carbocycles. The summed E-state index contributed by atoms with van der Waals surface area (Å²) in [6.45, 7) is -2.15. The molecule has 0 radical (unpaired) electrons. The summed E-state index contributed by atoms with van der Waals surface area (Å²) in [7, 11) is 0. The van der Waals surface area contributed by atoms with Crippen molar-refractivity contribution in [2.24, 2.45) is 0 Å². The predicted octanol–water partition coefficient (Wildman–Crippen LogP) is 0.972. The van der Waals surface area contributed by atoms with E-state index < -0.39 is 6.85 Å². The van der Waals surface area contributed by atoms with Crippen LogP contribution in [-0.4, -0.2) is 4.98 Å². The van der Waals surface area contributed by atoms with Crippen molar-refractivity contribution in [3.8, 4) is 0 Å². The Morgan fingerprint density at radius 3 is 3.25 bits per heavy atom. The highest BCUT2D eigenvalue weighted by atomic mass is 14.8. The molecule has 0 unspecified atom stereocenters.